The smallest absolute Gasteiger partial charge is 0.191 e. The number of hydrogen-bond acceptors (Lipinski definition) is 4. The first-order valence-corrected chi connectivity index (χ1v) is 10.5. The third-order valence-corrected chi connectivity index (χ3v) is 6.34. The van der Waals surface area contributed by atoms with Crippen molar-refractivity contribution in [2.75, 3.05) is 31.2 Å². The second-order valence-electron chi connectivity index (χ2n) is 6.50. The molecule has 0 radical (unpaired) electrons. The van der Waals surface area contributed by atoms with Gasteiger partial charge < -0.3 is 15.4 Å². The summed E-state index contributed by atoms with van der Waals surface area (Å²) in [6.45, 7) is 3.67. The number of halogens is 2. The van der Waals surface area contributed by atoms with Crippen LogP contribution in [0.25, 0.3) is 0 Å². The largest absolute Gasteiger partial charge is 0.493 e. The van der Waals surface area contributed by atoms with Crippen LogP contribution in [0.5, 0.6) is 5.75 Å². The normalized spacial score (nSPS) is 24.2. The molecule has 1 aromatic carbocycles. The van der Waals surface area contributed by atoms with Crippen LogP contribution >= 0.6 is 24.0 Å². The van der Waals surface area contributed by atoms with Crippen molar-refractivity contribution in [2.45, 2.75) is 25.8 Å². The number of nitrogens with one attached hydrogen (secondary N) is 2. The summed E-state index contributed by atoms with van der Waals surface area (Å²) >= 11 is 0. The van der Waals surface area contributed by atoms with Crippen LogP contribution < -0.4 is 15.4 Å². The summed E-state index contributed by atoms with van der Waals surface area (Å²) in [5.74, 6) is 1.54. The Morgan fingerprint density at radius 2 is 2.19 bits per heavy atom. The Morgan fingerprint density at radius 1 is 1.38 bits per heavy atom. The highest BCUT2D eigenvalue weighted by molar-refractivity contribution is 14.0. The molecule has 9 heteroatoms. The van der Waals surface area contributed by atoms with E-state index in [2.05, 4.69) is 15.6 Å². The van der Waals surface area contributed by atoms with E-state index in [4.69, 9.17) is 4.74 Å². The molecule has 3 rings (SSSR count). The molecule has 0 saturated carbocycles. The molecular formula is C17H25FIN3O3S. The van der Waals surface area contributed by atoms with Gasteiger partial charge in [0.15, 0.2) is 15.8 Å². The van der Waals surface area contributed by atoms with E-state index in [1.165, 1.54) is 12.1 Å². The first kappa shape index (κ1) is 21.2. The van der Waals surface area contributed by atoms with E-state index >= 15 is 0 Å². The fourth-order valence-corrected chi connectivity index (χ4v) is 5.09. The molecule has 2 N–H and O–H groups in total. The van der Waals surface area contributed by atoms with Crippen LogP contribution in [0.4, 0.5) is 4.39 Å². The Balaban J connectivity index is 0.00000243. The zero-order valence-electron chi connectivity index (χ0n) is 14.7. The van der Waals surface area contributed by atoms with Gasteiger partial charge in [0.2, 0.25) is 0 Å². The van der Waals surface area contributed by atoms with Gasteiger partial charge in [-0.05, 0) is 37.5 Å². The van der Waals surface area contributed by atoms with Crippen molar-refractivity contribution < 1.29 is 17.5 Å². The molecule has 146 valence electrons. The van der Waals surface area contributed by atoms with E-state index in [0.717, 1.165) is 5.56 Å². The monoisotopic (exact) mass is 497 g/mol. The lowest BCUT2D eigenvalue weighted by atomic mass is 10.0. The molecule has 26 heavy (non-hydrogen) atoms. The summed E-state index contributed by atoms with van der Waals surface area (Å²) in [6.07, 6.45) is 1.37. The molecule has 0 spiro atoms. The van der Waals surface area contributed by atoms with Crippen molar-refractivity contribution in [3.8, 4) is 5.75 Å². The molecule has 0 bridgehead atoms. The average Bonchev–Trinajstić information content (AvgIpc) is 2.92. The van der Waals surface area contributed by atoms with Crippen molar-refractivity contribution in [1.29, 1.82) is 0 Å². The van der Waals surface area contributed by atoms with Crippen molar-refractivity contribution in [1.82, 2.24) is 10.6 Å². The average molecular weight is 497 g/mol. The van der Waals surface area contributed by atoms with E-state index in [1.807, 2.05) is 6.92 Å². The highest BCUT2D eigenvalue weighted by atomic mass is 127. The van der Waals surface area contributed by atoms with Gasteiger partial charge >= 0.3 is 0 Å². The summed E-state index contributed by atoms with van der Waals surface area (Å²) in [4.78, 5) is 4.55. The van der Waals surface area contributed by atoms with Crippen LogP contribution in [0, 0.1) is 11.7 Å². The van der Waals surface area contributed by atoms with E-state index in [1.54, 1.807) is 6.07 Å². The van der Waals surface area contributed by atoms with E-state index in [0.29, 0.717) is 44.2 Å². The number of fused-ring (bicyclic) bond motifs is 1. The summed E-state index contributed by atoms with van der Waals surface area (Å²) < 4.78 is 42.3. The van der Waals surface area contributed by atoms with Crippen molar-refractivity contribution >= 4 is 39.8 Å². The molecule has 2 aliphatic rings. The number of ether oxygens (including phenoxy) is 1. The van der Waals surface area contributed by atoms with Gasteiger partial charge in [-0.2, -0.15) is 0 Å². The Bertz CT molecular complexity index is 758. The van der Waals surface area contributed by atoms with Gasteiger partial charge in [-0.15, -0.1) is 24.0 Å². The number of rotatable bonds is 4. The summed E-state index contributed by atoms with van der Waals surface area (Å²) in [6, 6.07) is 4.43. The molecule has 0 aromatic heterocycles. The van der Waals surface area contributed by atoms with Crippen LogP contribution in [0.15, 0.2) is 23.2 Å². The second-order valence-corrected chi connectivity index (χ2v) is 8.73. The standard InChI is InChI=1S/C17H24FN3O3S.HI/c1-2-19-17(20-10-12-6-8-25(22,23)11-12)21-15-5-7-24-16-4-3-13(18)9-14(15)16;/h3-4,9,12,15H,2,5-8,10-11H2,1H3,(H2,19,20,21);1H. The first-order valence-electron chi connectivity index (χ1n) is 8.64. The summed E-state index contributed by atoms with van der Waals surface area (Å²) in [7, 11) is -2.90. The maximum absolute atomic E-state index is 13.6. The maximum atomic E-state index is 13.6. The highest BCUT2D eigenvalue weighted by Gasteiger charge is 2.28. The number of benzene rings is 1. The van der Waals surface area contributed by atoms with E-state index < -0.39 is 9.84 Å². The van der Waals surface area contributed by atoms with Gasteiger partial charge in [0.1, 0.15) is 11.6 Å². The third-order valence-electron chi connectivity index (χ3n) is 4.50. The highest BCUT2D eigenvalue weighted by Crippen LogP contribution is 2.32. The SMILES string of the molecule is CCNC(=NCC1CCS(=O)(=O)C1)NC1CCOc2ccc(F)cc21.I. The van der Waals surface area contributed by atoms with Crippen LogP contribution in [0.3, 0.4) is 0 Å². The summed E-state index contributed by atoms with van der Waals surface area (Å²) in [5, 5.41) is 6.50. The topological polar surface area (TPSA) is 79.8 Å². The van der Waals surface area contributed by atoms with E-state index in [9.17, 15) is 12.8 Å². The number of hydrogen-bond donors (Lipinski definition) is 2. The first-order chi connectivity index (χ1) is 12.0. The second kappa shape index (κ2) is 9.20. The Labute approximate surface area is 170 Å². The number of sulfone groups is 1. The lowest BCUT2D eigenvalue weighted by Gasteiger charge is -2.28. The van der Waals surface area contributed by atoms with Crippen LogP contribution in [0.1, 0.15) is 31.4 Å². The van der Waals surface area contributed by atoms with Gasteiger partial charge in [0.05, 0.1) is 24.2 Å². The Hall–Kier alpha value is -1.10. The number of guanidine groups is 1. The van der Waals surface area contributed by atoms with Gasteiger partial charge in [-0.25, -0.2) is 12.8 Å². The predicted molar refractivity (Wildman–Crippen MR) is 111 cm³/mol. The zero-order valence-corrected chi connectivity index (χ0v) is 17.8. The molecule has 1 saturated heterocycles. The van der Waals surface area contributed by atoms with Gasteiger partial charge in [0, 0.05) is 25.1 Å². The molecule has 2 aliphatic heterocycles. The molecule has 6 nitrogen and oxygen atoms in total. The predicted octanol–water partition coefficient (Wildman–Crippen LogP) is 2.26. The molecule has 0 amide bonds. The molecule has 2 unspecified atom stereocenters. The molecule has 2 heterocycles. The van der Waals surface area contributed by atoms with E-state index in [-0.39, 0.29) is 53.3 Å². The minimum atomic E-state index is -2.90. The van der Waals surface area contributed by atoms with Crippen LogP contribution in [0.2, 0.25) is 0 Å². The Kier molecular flexibility index (Phi) is 7.51. The van der Waals surface area contributed by atoms with Crippen molar-refractivity contribution in [3.63, 3.8) is 0 Å². The summed E-state index contributed by atoms with van der Waals surface area (Å²) in [5.41, 5.74) is 0.778. The minimum Gasteiger partial charge on any atom is -0.493 e. The van der Waals surface area contributed by atoms with Gasteiger partial charge in [-0.1, -0.05) is 0 Å². The fraction of sp³-hybridized carbons (Fsp3) is 0.588. The van der Waals surface area contributed by atoms with Crippen molar-refractivity contribution in [3.05, 3.63) is 29.6 Å². The third kappa shape index (κ3) is 5.45. The number of nitrogens with zero attached hydrogens (tertiary/aromatic N) is 1. The molecule has 2 atom stereocenters. The van der Waals surface area contributed by atoms with Crippen LogP contribution in [-0.2, 0) is 9.84 Å². The minimum absolute atomic E-state index is 0. The molecule has 1 aromatic rings. The van der Waals surface area contributed by atoms with Crippen LogP contribution in [-0.4, -0.2) is 45.6 Å². The van der Waals surface area contributed by atoms with Gasteiger partial charge in [-0.3, -0.25) is 4.99 Å². The number of aliphatic imine (C=N–C) groups is 1. The molecular weight excluding hydrogens is 472 g/mol. The molecule has 1 fully saturated rings. The fourth-order valence-electron chi connectivity index (χ4n) is 3.24. The quantitative estimate of drug-likeness (QED) is 0.379. The van der Waals surface area contributed by atoms with Gasteiger partial charge in [0.25, 0.3) is 0 Å². The lowest BCUT2D eigenvalue weighted by Crippen LogP contribution is -2.41. The molecule has 0 aliphatic carbocycles. The maximum Gasteiger partial charge on any atom is 0.191 e. The Morgan fingerprint density at radius 3 is 2.88 bits per heavy atom. The van der Waals surface area contributed by atoms with Crippen molar-refractivity contribution in [2.24, 2.45) is 10.9 Å². The zero-order chi connectivity index (χ0) is 17.9. The lowest BCUT2D eigenvalue weighted by molar-refractivity contribution is 0.260.